The zero-order valence-electron chi connectivity index (χ0n) is 16.8. The fourth-order valence-corrected chi connectivity index (χ4v) is 4.02. The van der Waals surface area contributed by atoms with E-state index in [2.05, 4.69) is 22.1 Å². The summed E-state index contributed by atoms with van der Waals surface area (Å²) in [6.07, 6.45) is 1.74. The monoisotopic (exact) mass is 418 g/mol. The van der Waals surface area contributed by atoms with Crippen molar-refractivity contribution in [3.05, 3.63) is 99.4 Å². The lowest BCUT2D eigenvalue weighted by atomic mass is 10.1. The number of nitrogens with one attached hydrogen (secondary N) is 1. The molecule has 0 aliphatic carbocycles. The number of carbonyl (C=O) groups is 1. The molecular weight excluding hydrogens is 396 g/mol. The second-order valence-corrected chi connectivity index (χ2v) is 8.05. The Hall–Kier alpha value is -3.29. The molecule has 4 aromatic rings. The van der Waals surface area contributed by atoms with Crippen molar-refractivity contribution < 1.29 is 4.79 Å². The minimum Gasteiger partial charge on any atom is -0.322 e. The molecule has 0 unspecified atom stereocenters. The lowest BCUT2D eigenvalue weighted by Gasteiger charge is -2.25. The van der Waals surface area contributed by atoms with Gasteiger partial charge in [0.2, 0.25) is 0 Å². The second-order valence-electron chi connectivity index (χ2n) is 7.18. The summed E-state index contributed by atoms with van der Waals surface area (Å²) in [6.45, 7) is 2.64. The fraction of sp³-hybridized carbons (Fsp3) is 0.174. The average molecular weight is 419 g/mol. The first-order valence-electron chi connectivity index (χ1n) is 9.63. The number of aromatic nitrogens is 2. The Bertz CT molecular complexity index is 1230. The van der Waals surface area contributed by atoms with Crippen molar-refractivity contribution in [2.24, 2.45) is 0 Å². The highest BCUT2D eigenvalue weighted by Crippen LogP contribution is 2.23. The highest BCUT2D eigenvalue weighted by molar-refractivity contribution is 7.15. The van der Waals surface area contributed by atoms with Gasteiger partial charge in [0, 0.05) is 41.5 Å². The van der Waals surface area contributed by atoms with Gasteiger partial charge in [0.1, 0.15) is 0 Å². The van der Waals surface area contributed by atoms with Crippen LogP contribution in [0.3, 0.4) is 0 Å². The van der Waals surface area contributed by atoms with Gasteiger partial charge < -0.3 is 5.32 Å². The van der Waals surface area contributed by atoms with E-state index >= 15 is 0 Å². The van der Waals surface area contributed by atoms with Gasteiger partial charge in [0.05, 0.1) is 5.69 Å². The molecule has 1 N–H and O–H groups in total. The van der Waals surface area contributed by atoms with E-state index in [-0.39, 0.29) is 17.5 Å². The summed E-state index contributed by atoms with van der Waals surface area (Å²) in [5.74, 6) is -0.136. The SMILES string of the molecule is C[C@H](c1cccc(NC(=O)c2ccccc2)c1)N(C)Cc1cc(=O)n2ccsc2n1. The maximum absolute atomic E-state index is 12.4. The van der Waals surface area contributed by atoms with Gasteiger partial charge in [-0.3, -0.25) is 18.9 Å². The van der Waals surface area contributed by atoms with Crippen LogP contribution in [0.5, 0.6) is 0 Å². The largest absolute Gasteiger partial charge is 0.322 e. The minimum absolute atomic E-state index is 0.0667. The first-order chi connectivity index (χ1) is 14.5. The molecule has 7 heteroatoms. The summed E-state index contributed by atoms with van der Waals surface area (Å²) in [5, 5.41) is 4.81. The van der Waals surface area contributed by atoms with Crippen molar-refractivity contribution in [1.29, 1.82) is 0 Å². The van der Waals surface area contributed by atoms with Crippen LogP contribution in [0.2, 0.25) is 0 Å². The zero-order chi connectivity index (χ0) is 21.1. The third-order valence-corrected chi connectivity index (χ3v) is 5.85. The normalized spacial score (nSPS) is 12.2. The van der Waals surface area contributed by atoms with Crippen molar-refractivity contribution in [2.75, 3.05) is 12.4 Å². The summed E-state index contributed by atoms with van der Waals surface area (Å²) in [5.41, 5.74) is 3.11. The molecule has 30 heavy (non-hydrogen) atoms. The summed E-state index contributed by atoms with van der Waals surface area (Å²) in [7, 11) is 2.00. The van der Waals surface area contributed by atoms with Gasteiger partial charge in [-0.25, -0.2) is 4.98 Å². The van der Waals surface area contributed by atoms with Gasteiger partial charge in [-0.1, -0.05) is 30.3 Å². The third-order valence-electron chi connectivity index (χ3n) is 5.09. The molecule has 2 aromatic heterocycles. The van der Waals surface area contributed by atoms with Crippen molar-refractivity contribution in [1.82, 2.24) is 14.3 Å². The maximum Gasteiger partial charge on any atom is 0.258 e. The van der Waals surface area contributed by atoms with E-state index < -0.39 is 0 Å². The highest BCUT2D eigenvalue weighted by atomic mass is 32.1. The van der Waals surface area contributed by atoms with E-state index in [1.54, 1.807) is 28.8 Å². The number of anilines is 1. The van der Waals surface area contributed by atoms with Crippen molar-refractivity contribution in [3.63, 3.8) is 0 Å². The number of hydrogen-bond acceptors (Lipinski definition) is 5. The molecule has 1 amide bonds. The molecule has 0 spiro atoms. The number of hydrogen-bond donors (Lipinski definition) is 1. The van der Waals surface area contributed by atoms with Crippen LogP contribution in [-0.2, 0) is 6.54 Å². The van der Waals surface area contributed by atoms with Crippen LogP contribution in [0, 0.1) is 0 Å². The molecule has 0 saturated carbocycles. The number of benzene rings is 2. The summed E-state index contributed by atoms with van der Waals surface area (Å²) in [6, 6.07) is 18.6. The topological polar surface area (TPSA) is 66.7 Å². The smallest absolute Gasteiger partial charge is 0.258 e. The van der Waals surface area contributed by atoms with Crippen LogP contribution < -0.4 is 10.9 Å². The first kappa shape index (κ1) is 20.0. The van der Waals surface area contributed by atoms with Gasteiger partial charge in [0.15, 0.2) is 4.96 Å². The average Bonchev–Trinajstić information content (AvgIpc) is 3.23. The molecule has 1 atom stereocenters. The van der Waals surface area contributed by atoms with E-state index in [0.29, 0.717) is 17.1 Å². The number of amides is 1. The van der Waals surface area contributed by atoms with Gasteiger partial charge in [-0.2, -0.15) is 0 Å². The predicted molar refractivity (Wildman–Crippen MR) is 120 cm³/mol. The molecule has 0 aliphatic heterocycles. The van der Waals surface area contributed by atoms with Gasteiger partial charge >= 0.3 is 0 Å². The number of thiazole rings is 1. The Kier molecular flexibility index (Phi) is 5.74. The van der Waals surface area contributed by atoms with Gasteiger partial charge in [-0.05, 0) is 43.8 Å². The highest BCUT2D eigenvalue weighted by Gasteiger charge is 2.15. The Labute approximate surface area is 178 Å². The van der Waals surface area contributed by atoms with Crippen LogP contribution in [0.15, 0.2) is 77.0 Å². The van der Waals surface area contributed by atoms with E-state index in [1.165, 1.54) is 11.3 Å². The molecule has 2 aromatic carbocycles. The third kappa shape index (κ3) is 4.32. The first-order valence-corrected chi connectivity index (χ1v) is 10.5. The Balaban J connectivity index is 1.48. The summed E-state index contributed by atoms with van der Waals surface area (Å²) in [4.78, 5) is 32.1. The number of nitrogens with zero attached hydrogens (tertiary/aromatic N) is 3. The summed E-state index contributed by atoms with van der Waals surface area (Å²) >= 11 is 1.45. The Morgan fingerprint density at radius 3 is 2.77 bits per heavy atom. The molecule has 4 rings (SSSR count). The van der Waals surface area contributed by atoms with Crippen LogP contribution >= 0.6 is 11.3 Å². The Morgan fingerprint density at radius 1 is 1.17 bits per heavy atom. The second kappa shape index (κ2) is 8.61. The number of rotatable bonds is 6. The van der Waals surface area contributed by atoms with Crippen molar-refractivity contribution in [3.8, 4) is 0 Å². The quantitative estimate of drug-likeness (QED) is 0.510. The van der Waals surface area contributed by atoms with Crippen molar-refractivity contribution >= 4 is 27.9 Å². The standard InChI is InChI=1S/C23H22N4O2S/c1-16(26(2)15-20-14-21(28)27-11-12-30-23(27)25-20)18-9-6-10-19(13-18)24-22(29)17-7-4-3-5-8-17/h3-14,16H,15H2,1-2H3,(H,24,29)/t16-/m1/s1. The molecule has 0 bridgehead atoms. The van der Waals surface area contributed by atoms with E-state index in [0.717, 1.165) is 16.9 Å². The van der Waals surface area contributed by atoms with Crippen molar-refractivity contribution in [2.45, 2.75) is 19.5 Å². The Morgan fingerprint density at radius 2 is 1.97 bits per heavy atom. The lowest BCUT2D eigenvalue weighted by molar-refractivity contribution is 0.102. The van der Waals surface area contributed by atoms with Gasteiger partial charge in [0.25, 0.3) is 11.5 Å². The molecule has 0 radical (unpaired) electrons. The molecular formula is C23H22N4O2S. The zero-order valence-corrected chi connectivity index (χ0v) is 17.6. The minimum atomic E-state index is -0.136. The molecule has 0 saturated heterocycles. The molecule has 0 fully saturated rings. The molecule has 6 nitrogen and oxygen atoms in total. The van der Waals surface area contributed by atoms with Crippen LogP contribution in [0.1, 0.15) is 34.6 Å². The van der Waals surface area contributed by atoms with Gasteiger partial charge in [-0.15, -0.1) is 11.3 Å². The fourth-order valence-electron chi connectivity index (χ4n) is 3.28. The lowest BCUT2D eigenvalue weighted by Crippen LogP contribution is -2.24. The molecule has 2 heterocycles. The number of carbonyl (C=O) groups excluding carboxylic acids is 1. The summed E-state index contributed by atoms with van der Waals surface area (Å²) < 4.78 is 1.55. The van der Waals surface area contributed by atoms with Crippen LogP contribution in [-0.4, -0.2) is 27.2 Å². The maximum atomic E-state index is 12.4. The molecule has 152 valence electrons. The predicted octanol–water partition coefficient (Wildman–Crippen LogP) is 4.20. The van der Waals surface area contributed by atoms with Crippen LogP contribution in [0.4, 0.5) is 5.69 Å². The van der Waals surface area contributed by atoms with E-state index in [9.17, 15) is 9.59 Å². The van der Waals surface area contributed by atoms with E-state index in [1.807, 2.05) is 54.9 Å². The molecule has 0 aliphatic rings. The van der Waals surface area contributed by atoms with Crippen LogP contribution in [0.25, 0.3) is 4.96 Å². The van der Waals surface area contributed by atoms with E-state index in [4.69, 9.17) is 0 Å². The number of fused-ring (bicyclic) bond motifs is 1.